The SMILES string of the molecule is C=C(CC)/N=C(\N=C(\Cl)C(C)C)c1ccc2c(c1)Cc1ccccc1-2. The highest BCUT2D eigenvalue weighted by Gasteiger charge is 2.19. The molecular weight excluding hydrogens is 328 g/mol. The Bertz CT molecular complexity index is 875. The van der Waals surface area contributed by atoms with Gasteiger partial charge in [0.05, 0.1) is 0 Å². The van der Waals surface area contributed by atoms with Crippen LogP contribution < -0.4 is 0 Å². The smallest absolute Gasteiger partial charge is 0.160 e. The van der Waals surface area contributed by atoms with E-state index in [2.05, 4.69) is 59.0 Å². The Labute approximate surface area is 155 Å². The minimum absolute atomic E-state index is 0.167. The van der Waals surface area contributed by atoms with Crippen LogP contribution in [0.15, 0.2) is 64.7 Å². The van der Waals surface area contributed by atoms with E-state index in [0.717, 1.165) is 24.1 Å². The molecule has 0 saturated carbocycles. The molecule has 0 N–H and O–H groups in total. The Hall–Kier alpha value is -2.19. The Balaban J connectivity index is 2.04. The molecule has 0 atom stereocenters. The molecule has 0 saturated heterocycles. The summed E-state index contributed by atoms with van der Waals surface area (Å²) >= 11 is 6.32. The second-order valence-electron chi connectivity index (χ2n) is 6.65. The summed E-state index contributed by atoms with van der Waals surface area (Å²) in [5.74, 6) is 0.810. The van der Waals surface area contributed by atoms with Crippen molar-refractivity contribution < 1.29 is 0 Å². The summed E-state index contributed by atoms with van der Waals surface area (Å²) in [6, 6.07) is 15.0. The van der Waals surface area contributed by atoms with Crippen LogP contribution in [0.2, 0.25) is 0 Å². The molecule has 3 rings (SSSR count). The summed E-state index contributed by atoms with van der Waals surface area (Å²) in [5, 5.41) is 0.562. The topological polar surface area (TPSA) is 24.7 Å². The molecule has 25 heavy (non-hydrogen) atoms. The van der Waals surface area contributed by atoms with Crippen LogP contribution in [0.3, 0.4) is 0 Å². The van der Waals surface area contributed by atoms with Crippen molar-refractivity contribution in [2.45, 2.75) is 33.6 Å². The minimum atomic E-state index is 0.167. The first kappa shape index (κ1) is 17.6. The first-order valence-corrected chi connectivity index (χ1v) is 9.09. The Kier molecular flexibility index (Phi) is 5.19. The minimum Gasteiger partial charge on any atom is -0.234 e. The van der Waals surface area contributed by atoms with Gasteiger partial charge in [0, 0.05) is 17.2 Å². The van der Waals surface area contributed by atoms with Crippen LogP contribution >= 0.6 is 11.6 Å². The van der Waals surface area contributed by atoms with Gasteiger partial charge in [-0.2, -0.15) is 0 Å². The van der Waals surface area contributed by atoms with Crippen molar-refractivity contribution in [3.63, 3.8) is 0 Å². The van der Waals surface area contributed by atoms with E-state index in [1.807, 2.05) is 20.8 Å². The molecule has 128 valence electrons. The van der Waals surface area contributed by atoms with Gasteiger partial charge in [0.25, 0.3) is 0 Å². The third kappa shape index (κ3) is 3.74. The standard InChI is InChI=1S/C22H23ClN2/c1-5-15(4)24-22(25-21(23)14(2)3)17-10-11-20-18(13-17)12-16-8-6-7-9-19(16)20/h6-11,13-14H,4-5,12H2,1-3H3/b24-22-,25-21+. The van der Waals surface area contributed by atoms with Crippen LogP contribution in [0.4, 0.5) is 0 Å². The Morgan fingerprint density at radius 2 is 1.80 bits per heavy atom. The highest BCUT2D eigenvalue weighted by atomic mass is 35.5. The van der Waals surface area contributed by atoms with Gasteiger partial charge in [0.15, 0.2) is 5.84 Å². The molecule has 0 aliphatic heterocycles. The number of halogens is 1. The van der Waals surface area contributed by atoms with Gasteiger partial charge in [0.1, 0.15) is 5.17 Å². The van der Waals surface area contributed by atoms with Gasteiger partial charge < -0.3 is 0 Å². The molecule has 0 bridgehead atoms. The van der Waals surface area contributed by atoms with Crippen molar-refractivity contribution in [2.75, 3.05) is 0 Å². The monoisotopic (exact) mass is 350 g/mol. The fourth-order valence-electron chi connectivity index (χ4n) is 2.90. The number of fused-ring (bicyclic) bond motifs is 3. The van der Waals surface area contributed by atoms with Crippen LogP contribution in [0.5, 0.6) is 0 Å². The van der Waals surface area contributed by atoms with Crippen molar-refractivity contribution in [1.82, 2.24) is 0 Å². The lowest BCUT2D eigenvalue weighted by atomic mass is 10.0. The Morgan fingerprint density at radius 1 is 1.08 bits per heavy atom. The fraction of sp³-hybridized carbons (Fsp3) is 0.273. The zero-order valence-electron chi connectivity index (χ0n) is 15.0. The summed E-state index contributed by atoms with van der Waals surface area (Å²) in [7, 11) is 0. The number of hydrogen-bond donors (Lipinski definition) is 0. The first-order valence-electron chi connectivity index (χ1n) is 8.71. The van der Waals surface area contributed by atoms with E-state index < -0.39 is 0 Å². The normalized spacial score (nSPS) is 13.8. The van der Waals surface area contributed by atoms with Gasteiger partial charge in [-0.25, -0.2) is 9.98 Å². The van der Waals surface area contributed by atoms with Gasteiger partial charge in [-0.15, -0.1) is 0 Å². The summed E-state index contributed by atoms with van der Waals surface area (Å²) < 4.78 is 0. The third-order valence-corrected chi connectivity index (χ3v) is 4.93. The quantitative estimate of drug-likeness (QED) is 0.394. The van der Waals surface area contributed by atoms with Gasteiger partial charge in [-0.1, -0.05) is 75.3 Å². The highest BCUT2D eigenvalue weighted by Crippen LogP contribution is 2.36. The predicted octanol–water partition coefficient (Wildman–Crippen LogP) is 6.22. The maximum absolute atomic E-state index is 6.32. The average molecular weight is 351 g/mol. The van der Waals surface area contributed by atoms with Crippen molar-refractivity contribution in [2.24, 2.45) is 15.9 Å². The van der Waals surface area contributed by atoms with E-state index in [-0.39, 0.29) is 5.92 Å². The zero-order valence-corrected chi connectivity index (χ0v) is 15.8. The van der Waals surface area contributed by atoms with E-state index >= 15 is 0 Å². The van der Waals surface area contributed by atoms with E-state index in [1.54, 1.807) is 0 Å². The molecule has 2 aromatic carbocycles. The van der Waals surface area contributed by atoms with Crippen molar-refractivity contribution in [3.05, 3.63) is 71.4 Å². The molecule has 0 fully saturated rings. The van der Waals surface area contributed by atoms with Crippen LogP contribution in [0.1, 0.15) is 43.9 Å². The summed E-state index contributed by atoms with van der Waals surface area (Å²) in [6.45, 7) is 10.1. The fourth-order valence-corrected chi connectivity index (χ4v) is 2.98. The van der Waals surface area contributed by atoms with E-state index in [0.29, 0.717) is 11.0 Å². The average Bonchev–Trinajstić information content (AvgIpc) is 2.98. The second kappa shape index (κ2) is 7.37. The largest absolute Gasteiger partial charge is 0.234 e. The number of rotatable bonds is 4. The number of aliphatic imine (C=N–C) groups is 2. The lowest BCUT2D eigenvalue weighted by molar-refractivity contribution is 0.900. The van der Waals surface area contributed by atoms with Crippen molar-refractivity contribution in [3.8, 4) is 11.1 Å². The van der Waals surface area contributed by atoms with Crippen molar-refractivity contribution in [1.29, 1.82) is 0 Å². The van der Waals surface area contributed by atoms with E-state index in [4.69, 9.17) is 11.6 Å². The summed E-state index contributed by atoms with van der Waals surface area (Å²) in [6.07, 6.45) is 1.73. The molecular formula is C22H23ClN2. The van der Waals surface area contributed by atoms with E-state index in [9.17, 15) is 0 Å². The number of hydrogen-bond acceptors (Lipinski definition) is 1. The van der Waals surface area contributed by atoms with E-state index in [1.165, 1.54) is 22.3 Å². The zero-order chi connectivity index (χ0) is 18.0. The van der Waals surface area contributed by atoms with Gasteiger partial charge in [-0.3, -0.25) is 0 Å². The number of amidine groups is 1. The van der Waals surface area contributed by atoms with Crippen LogP contribution in [0, 0.1) is 5.92 Å². The lowest BCUT2D eigenvalue weighted by Gasteiger charge is -2.08. The van der Waals surface area contributed by atoms with Crippen molar-refractivity contribution >= 4 is 22.6 Å². The van der Waals surface area contributed by atoms with Gasteiger partial charge >= 0.3 is 0 Å². The Morgan fingerprint density at radius 3 is 2.52 bits per heavy atom. The van der Waals surface area contributed by atoms with Gasteiger partial charge in [-0.05, 0) is 41.2 Å². The molecule has 0 spiro atoms. The molecule has 0 amide bonds. The summed E-state index contributed by atoms with van der Waals surface area (Å²) in [4.78, 5) is 9.19. The highest BCUT2D eigenvalue weighted by molar-refractivity contribution is 6.66. The van der Waals surface area contributed by atoms with Gasteiger partial charge in [0.2, 0.25) is 0 Å². The maximum Gasteiger partial charge on any atom is 0.160 e. The predicted molar refractivity (Wildman–Crippen MR) is 109 cm³/mol. The molecule has 2 aromatic rings. The third-order valence-electron chi connectivity index (χ3n) is 4.41. The lowest BCUT2D eigenvalue weighted by Crippen LogP contribution is -2.06. The molecule has 1 aliphatic carbocycles. The molecule has 0 unspecified atom stereocenters. The number of benzene rings is 2. The van der Waals surface area contributed by atoms with Crippen LogP contribution in [-0.4, -0.2) is 11.0 Å². The maximum atomic E-state index is 6.32. The molecule has 2 nitrogen and oxygen atoms in total. The van der Waals surface area contributed by atoms with Crippen LogP contribution in [-0.2, 0) is 6.42 Å². The molecule has 0 radical (unpaired) electrons. The molecule has 0 heterocycles. The summed E-state index contributed by atoms with van der Waals surface area (Å²) in [5.41, 5.74) is 7.09. The number of nitrogens with zero attached hydrogens (tertiary/aromatic N) is 2. The number of allylic oxidation sites excluding steroid dienone is 1. The first-order chi connectivity index (χ1) is 12.0. The molecule has 1 aliphatic rings. The molecule has 0 aromatic heterocycles. The molecule has 3 heteroatoms. The van der Waals surface area contributed by atoms with Crippen LogP contribution in [0.25, 0.3) is 11.1 Å². The second-order valence-corrected chi connectivity index (χ2v) is 7.04.